The predicted octanol–water partition coefficient (Wildman–Crippen LogP) is 2.27. The largest absolute Gasteiger partial charge is 0.392 e. The molecule has 0 saturated heterocycles. The number of aryl methyl sites for hydroxylation is 2. The van der Waals surface area contributed by atoms with Crippen molar-refractivity contribution in [3.63, 3.8) is 0 Å². The Balaban J connectivity index is 2.74. The molecule has 4 heteroatoms. The zero-order valence-electron chi connectivity index (χ0n) is 12.0. The Morgan fingerprint density at radius 1 is 1.37 bits per heavy atom. The molecule has 3 N–H and O–H groups in total. The van der Waals surface area contributed by atoms with Crippen LogP contribution in [0.15, 0.2) is 18.2 Å². The average Bonchev–Trinajstić information content (AvgIpc) is 2.30. The molecule has 0 radical (unpaired) electrons. The molecule has 0 aliphatic carbocycles. The van der Waals surface area contributed by atoms with Gasteiger partial charge in [-0.1, -0.05) is 49.8 Å². The summed E-state index contributed by atoms with van der Waals surface area (Å²) in [6.07, 6.45) is 0.360. The van der Waals surface area contributed by atoms with Crippen LogP contribution in [0.2, 0.25) is 0 Å². The minimum absolute atomic E-state index is 0.0415. The maximum Gasteiger partial charge on any atom is 0.225 e. The highest BCUT2D eigenvalue weighted by Crippen LogP contribution is 2.12. The van der Waals surface area contributed by atoms with Gasteiger partial charge >= 0.3 is 0 Å². The second-order valence-electron chi connectivity index (χ2n) is 5.30. The smallest absolute Gasteiger partial charge is 0.225 e. The van der Waals surface area contributed by atoms with Crippen molar-refractivity contribution in [2.75, 3.05) is 0 Å². The number of hydrogen-bond acceptors (Lipinski definition) is 2. The van der Waals surface area contributed by atoms with E-state index in [0.717, 1.165) is 16.7 Å². The van der Waals surface area contributed by atoms with Crippen LogP contribution in [-0.4, -0.2) is 16.9 Å². The summed E-state index contributed by atoms with van der Waals surface area (Å²) in [5.41, 5.74) is 8.97. The molecule has 0 spiro atoms. The summed E-state index contributed by atoms with van der Waals surface area (Å²) in [6, 6.07) is 5.88. The van der Waals surface area contributed by atoms with Crippen molar-refractivity contribution in [2.45, 2.75) is 40.2 Å². The second kappa shape index (κ2) is 6.66. The van der Waals surface area contributed by atoms with Gasteiger partial charge in [-0.05, 0) is 30.9 Å². The van der Waals surface area contributed by atoms with E-state index in [1.165, 1.54) is 0 Å². The average molecular weight is 278 g/mol. The van der Waals surface area contributed by atoms with Gasteiger partial charge in [0.05, 0.1) is 17.5 Å². The van der Waals surface area contributed by atoms with Crippen LogP contribution in [0.25, 0.3) is 0 Å². The zero-order chi connectivity index (χ0) is 14.6. The lowest BCUT2D eigenvalue weighted by Gasteiger charge is -2.21. The SMILES string of the molecule is Cc1ccc(C)c(CC(=O)NC(C(N)=S)C(C)C)c1. The van der Waals surface area contributed by atoms with E-state index in [4.69, 9.17) is 18.0 Å². The normalized spacial score (nSPS) is 12.3. The van der Waals surface area contributed by atoms with Crippen molar-refractivity contribution in [3.8, 4) is 0 Å². The van der Waals surface area contributed by atoms with Crippen molar-refractivity contribution < 1.29 is 4.79 Å². The molecule has 0 bridgehead atoms. The Labute approximate surface area is 120 Å². The third-order valence-electron chi connectivity index (χ3n) is 3.15. The lowest BCUT2D eigenvalue weighted by Crippen LogP contribution is -2.47. The lowest BCUT2D eigenvalue weighted by atomic mass is 10.0. The summed E-state index contributed by atoms with van der Waals surface area (Å²) in [4.78, 5) is 12.4. The van der Waals surface area contributed by atoms with E-state index in [1.54, 1.807) is 0 Å². The first kappa shape index (κ1) is 15.6. The van der Waals surface area contributed by atoms with Crippen LogP contribution in [0.3, 0.4) is 0 Å². The van der Waals surface area contributed by atoms with Crippen molar-refractivity contribution in [1.82, 2.24) is 5.32 Å². The number of thiocarbonyl (C=S) groups is 1. The van der Waals surface area contributed by atoms with Crippen molar-refractivity contribution >= 4 is 23.1 Å². The van der Waals surface area contributed by atoms with E-state index in [0.29, 0.717) is 11.4 Å². The summed E-state index contributed by atoms with van der Waals surface area (Å²) in [5.74, 6) is 0.153. The first-order valence-corrected chi connectivity index (χ1v) is 6.87. The predicted molar refractivity (Wildman–Crippen MR) is 83.2 cm³/mol. The molecule has 104 valence electrons. The number of nitrogens with two attached hydrogens (primary N) is 1. The molecule has 3 nitrogen and oxygen atoms in total. The third kappa shape index (κ3) is 4.63. The summed E-state index contributed by atoms with van der Waals surface area (Å²) in [7, 11) is 0. The van der Waals surface area contributed by atoms with Crippen molar-refractivity contribution in [1.29, 1.82) is 0 Å². The van der Waals surface area contributed by atoms with Crippen molar-refractivity contribution in [3.05, 3.63) is 34.9 Å². The molecule has 0 aliphatic heterocycles. The molecule has 1 atom stereocenters. The van der Waals surface area contributed by atoms with E-state index < -0.39 is 0 Å². The Bertz CT molecular complexity index is 483. The van der Waals surface area contributed by atoms with Gasteiger partial charge in [-0.2, -0.15) is 0 Å². The molecule has 0 aliphatic rings. The van der Waals surface area contributed by atoms with Gasteiger partial charge in [-0.25, -0.2) is 0 Å². The lowest BCUT2D eigenvalue weighted by molar-refractivity contribution is -0.121. The minimum Gasteiger partial charge on any atom is -0.392 e. The van der Waals surface area contributed by atoms with Crippen LogP contribution in [-0.2, 0) is 11.2 Å². The second-order valence-corrected chi connectivity index (χ2v) is 5.77. The number of carbonyl (C=O) groups is 1. The van der Waals surface area contributed by atoms with Gasteiger partial charge in [-0.15, -0.1) is 0 Å². The van der Waals surface area contributed by atoms with Crippen LogP contribution in [0.4, 0.5) is 0 Å². The fourth-order valence-corrected chi connectivity index (χ4v) is 2.29. The molecule has 19 heavy (non-hydrogen) atoms. The Morgan fingerprint density at radius 3 is 2.53 bits per heavy atom. The minimum atomic E-state index is -0.243. The molecule has 1 rings (SSSR count). The molecule has 1 amide bonds. The molecule has 1 unspecified atom stereocenters. The zero-order valence-corrected chi connectivity index (χ0v) is 12.8. The van der Waals surface area contributed by atoms with Crippen LogP contribution in [0.5, 0.6) is 0 Å². The highest BCUT2D eigenvalue weighted by Gasteiger charge is 2.19. The molecular formula is C15H22N2OS. The van der Waals surface area contributed by atoms with E-state index in [2.05, 4.69) is 5.32 Å². The van der Waals surface area contributed by atoms with E-state index >= 15 is 0 Å². The first-order chi connectivity index (χ1) is 8.81. The maximum atomic E-state index is 12.1. The number of nitrogens with one attached hydrogen (secondary N) is 1. The Kier molecular flexibility index (Phi) is 5.48. The molecule has 0 saturated carbocycles. The molecule has 0 heterocycles. The Morgan fingerprint density at radius 2 is 2.00 bits per heavy atom. The molecule has 0 aromatic heterocycles. The van der Waals surface area contributed by atoms with Gasteiger partial charge in [0.25, 0.3) is 0 Å². The van der Waals surface area contributed by atoms with Crippen LogP contribution < -0.4 is 11.1 Å². The maximum absolute atomic E-state index is 12.1. The quantitative estimate of drug-likeness (QED) is 0.812. The number of hydrogen-bond donors (Lipinski definition) is 2. The van der Waals surface area contributed by atoms with Crippen LogP contribution in [0, 0.1) is 19.8 Å². The topological polar surface area (TPSA) is 55.1 Å². The Hall–Kier alpha value is -1.42. The van der Waals surface area contributed by atoms with E-state index in [9.17, 15) is 4.79 Å². The van der Waals surface area contributed by atoms with Gasteiger partial charge in [0.2, 0.25) is 5.91 Å². The van der Waals surface area contributed by atoms with E-state index in [-0.39, 0.29) is 17.9 Å². The van der Waals surface area contributed by atoms with Gasteiger partial charge in [0.1, 0.15) is 0 Å². The van der Waals surface area contributed by atoms with Crippen LogP contribution >= 0.6 is 12.2 Å². The monoisotopic (exact) mass is 278 g/mol. The van der Waals surface area contributed by atoms with Crippen LogP contribution in [0.1, 0.15) is 30.5 Å². The molecular weight excluding hydrogens is 256 g/mol. The number of amides is 1. The highest BCUT2D eigenvalue weighted by molar-refractivity contribution is 7.80. The van der Waals surface area contributed by atoms with E-state index in [1.807, 2.05) is 45.9 Å². The standard InChI is InChI=1S/C15H22N2OS/c1-9(2)14(15(16)19)17-13(18)8-12-7-10(3)5-6-11(12)4/h5-7,9,14H,8H2,1-4H3,(H2,16,19)(H,17,18). The summed E-state index contributed by atoms with van der Waals surface area (Å²) >= 11 is 4.99. The summed E-state index contributed by atoms with van der Waals surface area (Å²) in [6.45, 7) is 8.01. The summed E-state index contributed by atoms with van der Waals surface area (Å²) < 4.78 is 0. The van der Waals surface area contributed by atoms with Crippen molar-refractivity contribution in [2.24, 2.45) is 11.7 Å². The molecule has 0 fully saturated rings. The van der Waals surface area contributed by atoms with Gasteiger partial charge in [0, 0.05) is 0 Å². The van der Waals surface area contributed by atoms with Gasteiger partial charge < -0.3 is 11.1 Å². The summed E-state index contributed by atoms with van der Waals surface area (Å²) in [5, 5.41) is 2.91. The molecule has 1 aromatic carbocycles. The number of benzene rings is 1. The third-order valence-corrected chi connectivity index (χ3v) is 3.40. The first-order valence-electron chi connectivity index (χ1n) is 6.46. The molecule has 1 aromatic rings. The number of carbonyl (C=O) groups excluding carboxylic acids is 1. The fourth-order valence-electron chi connectivity index (χ4n) is 1.95. The fraction of sp³-hybridized carbons (Fsp3) is 0.467. The van der Waals surface area contributed by atoms with Gasteiger partial charge in [-0.3, -0.25) is 4.79 Å². The van der Waals surface area contributed by atoms with Gasteiger partial charge in [0.15, 0.2) is 0 Å². The number of rotatable bonds is 5. The highest BCUT2D eigenvalue weighted by atomic mass is 32.1.